The first-order valence-corrected chi connectivity index (χ1v) is 16.0. The minimum atomic E-state index is -1.18. The van der Waals surface area contributed by atoms with Crippen LogP contribution >= 0.6 is 0 Å². The molecule has 224 valence electrons. The van der Waals surface area contributed by atoms with Crippen molar-refractivity contribution < 1.29 is 18.7 Å². The van der Waals surface area contributed by atoms with Gasteiger partial charge in [-0.3, -0.25) is 9.59 Å². The van der Waals surface area contributed by atoms with Crippen molar-refractivity contribution in [3.05, 3.63) is 11.8 Å². The fraction of sp³-hybridized carbons (Fsp3) is 0.867. The summed E-state index contributed by atoms with van der Waals surface area (Å²) >= 11 is 0. The molecule has 6 aliphatic rings. The predicted molar refractivity (Wildman–Crippen MR) is 152 cm³/mol. The molecule has 0 radical (unpaired) electrons. The monoisotopic (exact) mass is 560 g/mol. The number of Topliss-reactive ketones (excluding diaryl/α,β-unsaturated/α-hetero) is 1. The summed E-state index contributed by atoms with van der Waals surface area (Å²) in [4.78, 5) is 36.4. The molecule has 4 aliphatic heterocycles. The molecule has 9 nitrogen and oxygen atoms in total. The van der Waals surface area contributed by atoms with Crippen LogP contribution in [-0.2, 0) is 14.3 Å². The quantitative estimate of drug-likeness (QED) is 0.320. The number of morpholine rings is 1. The maximum absolute atomic E-state index is 15.9. The van der Waals surface area contributed by atoms with Crippen LogP contribution in [0, 0.1) is 5.92 Å². The molecule has 40 heavy (non-hydrogen) atoms. The summed E-state index contributed by atoms with van der Waals surface area (Å²) in [5.74, 6) is -1.06. The van der Waals surface area contributed by atoms with Crippen LogP contribution in [0.3, 0.4) is 0 Å². The summed E-state index contributed by atoms with van der Waals surface area (Å²) in [5.41, 5.74) is 0.207. The number of nitrogens with zero attached hydrogens (tertiary/aromatic N) is 4. The van der Waals surface area contributed by atoms with E-state index in [0.29, 0.717) is 6.54 Å². The second-order valence-corrected chi connectivity index (χ2v) is 13.0. The van der Waals surface area contributed by atoms with Gasteiger partial charge in [0.2, 0.25) is 0 Å². The minimum absolute atomic E-state index is 0.0134. The number of carbonyl (C=O) groups is 2. The number of likely N-dealkylation sites (tertiary alicyclic amines) is 1. The number of carbonyl (C=O) groups excluding carboxylic acids is 2. The van der Waals surface area contributed by atoms with Crippen LogP contribution in [-0.4, -0.2) is 140 Å². The van der Waals surface area contributed by atoms with Crippen LogP contribution < -0.4 is 10.6 Å². The highest BCUT2D eigenvalue weighted by Crippen LogP contribution is 2.45. The molecule has 0 aromatic heterocycles. The Morgan fingerprint density at radius 3 is 2.55 bits per heavy atom. The highest BCUT2D eigenvalue weighted by Gasteiger charge is 2.58. The average Bonchev–Trinajstić information content (AvgIpc) is 3.48. The van der Waals surface area contributed by atoms with Crippen molar-refractivity contribution in [1.29, 1.82) is 0 Å². The van der Waals surface area contributed by atoms with E-state index in [4.69, 9.17) is 4.74 Å². The van der Waals surface area contributed by atoms with Gasteiger partial charge < -0.3 is 35.0 Å². The Bertz CT molecular complexity index is 936. The first-order valence-electron chi connectivity index (χ1n) is 16.0. The molecule has 10 heteroatoms. The smallest absolute Gasteiger partial charge is 0.256 e. The molecule has 0 aromatic rings. The summed E-state index contributed by atoms with van der Waals surface area (Å²) < 4.78 is 22.6. The molecule has 0 bridgehead atoms. The molecule has 0 aromatic carbocycles. The van der Waals surface area contributed by atoms with Crippen LogP contribution in [0.1, 0.15) is 51.4 Å². The van der Waals surface area contributed by atoms with Crippen LogP contribution in [0.15, 0.2) is 11.8 Å². The zero-order valence-electron chi connectivity index (χ0n) is 24.2. The van der Waals surface area contributed by atoms with Crippen molar-refractivity contribution in [2.75, 3.05) is 72.5 Å². The second-order valence-electron chi connectivity index (χ2n) is 13.0. The summed E-state index contributed by atoms with van der Waals surface area (Å²) in [6.07, 6.45) is 7.93. The van der Waals surface area contributed by atoms with Gasteiger partial charge in [0.15, 0.2) is 5.78 Å². The van der Waals surface area contributed by atoms with E-state index in [1.807, 2.05) is 6.20 Å². The number of likely N-dealkylation sites (N-methyl/N-ethyl adjacent to an activating group) is 1. The van der Waals surface area contributed by atoms with E-state index >= 15 is 4.39 Å². The molecular formula is C30H49FN6O3. The Kier molecular flexibility index (Phi) is 9.08. The molecule has 5 fully saturated rings. The Hall–Kier alpha value is -1.59. The number of ether oxygens (including phenoxy) is 1. The van der Waals surface area contributed by atoms with E-state index in [0.717, 1.165) is 91.0 Å². The van der Waals surface area contributed by atoms with Gasteiger partial charge in [0.1, 0.15) is 6.17 Å². The maximum atomic E-state index is 15.9. The normalized spacial score (nSPS) is 37.1. The van der Waals surface area contributed by atoms with Crippen LogP contribution in [0.4, 0.5) is 4.39 Å². The van der Waals surface area contributed by atoms with Gasteiger partial charge >= 0.3 is 0 Å². The first kappa shape index (κ1) is 28.5. The van der Waals surface area contributed by atoms with E-state index < -0.39 is 24.2 Å². The SMILES string of the molecule is CN1CCN(CCCNC2C(F)CC3C(=O)C(C(=O)NCCN4CCCC4)=CN4C5CCCCC5OC2C34)CC1. The highest BCUT2D eigenvalue weighted by molar-refractivity contribution is 6.20. The maximum Gasteiger partial charge on any atom is 0.256 e. The van der Waals surface area contributed by atoms with E-state index in [1.165, 1.54) is 12.8 Å². The second kappa shape index (κ2) is 12.7. The largest absolute Gasteiger partial charge is 0.369 e. The zero-order valence-corrected chi connectivity index (χ0v) is 24.2. The first-order chi connectivity index (χ1) is 19.5. The average molecular weight is 561 g/mol. The lowest BCUT2D eigenvalue weighted by Gasteiger charge is -2.59. The molecule has 2 saturated carbocycles. The Morgan fingerprint density at radius 2 is 1.75 bits per heavy atom. The van der Waals surface area contributed by atoms with Crippen molar-refractivity contribution >= 4 is 11.7 Å². The number of fused-ring (bicyclic) bond motifs is 2. The van der Waals surface area contributed by atoms with Gasteiger partial charge in [0.05, 0.1) is 35.9 Å². The van der Waals surface area contributed by atoms with Crippen molar-refractivity contribution in [2.24, 2.45) is 5.92 Å². The number of alkyl halides is 1. The molecule has 7 unspecified atom stereocenters. The van der Waals surface area contributed by atoms with E-state index in [2.05, 4.69) is 37.3 Å². The summed E-state index contributed by atoms with van der Waals surface area (Å²) in [7, 11) is 2.16. The van der Waals surface area contributed by atoms with E-state index in [9.17, 15) is 9.59 Å². The molecule has 7 atom stereocenters. The van der Waals surface area contributed by atoms with Crippen LogP contribution in [0.2, 0.25) is 0 Å². The number of hydrogen-bond acceptors (Lipinski definition) is 8. The molecule has 3 saturated heterocycles. The van der Waals surface area contributed by atoms with E-state index in [-0.39, 0.29) is 41.9 Å². The van der Waals surface area contributed by atoms with Gasteiger partial charge in [0.25, 0.3) is 5.91 Å². The lowest BCUT2D eigenvalue weighted by Crippen LogP contribution is -2.72. The zero-order chi connectivity index (χ0) is 27.6. The van der Waals surface area contributed by atoms with Crippen molar-refractivity contribution in [1.82, 2.24) is 30.2 Å². The fourth-order valence-electron chi connectivity index (χ4n) is 8.06. The number of hydrogen-bond donors (Lipinski definition) is 2. The molecule has 4 heterocycles. The van der Waals surface area contributed by atoms with Crippen LogP contribution in [0.5, 0.6) is 0 Å². The molecule has 2 N–H and O–H groups in total. The van der Waals surface area contributed by atoms with Gasteiger partial charge in [-0.1, -0.05) is 12.8 Å². The molecule has 6 rings (SSSR count). The Balaban J connectivity index is 1.13. The number of ketones is 1. The number of nitrogens with one attached hydrogen (secondary N) is 2. The third kappa shape index (κ3) is 5.98. The molecule has 1 amide bonds. The van der Waals surface area contributed by atoms with E-state index in [1.54, 1.807) is 0 Å². The van der Waals surface area contributed by atoms with Crippen LogP contribution in [0.25, 0.3) is 0 Å². The fourth-order valence-corrected chi connectivity index (χ4v) is 8.06. The summed E-state index contributed by atoms with van der Waals surface area (Å²) in [6, 6.07) is -0.502. The van der Waals surface area contributed by atoms with Crippen molar-refractivity contribution in [2.45, 2.75) is 87.9 Å². The number of amides is 1. The number of rotatable bonds is 9. The third-order valence-electron chi connectivity index (χ3n) is 10.4. The summed E-state index contributed by atoms with van der Waals surface area (Å²) in [5, 5.41) is 6.52. The standard InChI is InChI=1S/C30H49FN6O3/c1-34-15-17-36(18-16-34)13-6-9-32-26-23(31)19-21-27-29(26)40-25-8-3-2-7-24(25)37(27)20-22(28(21)38)30(39)33-10-14-35-11-4-5-12-35/h20-21,23-27,29,32H,2-19H2,1H3,(H,33,39). The topological polar surface area (TPSA) is 80.4 Å². The Labute approximate surface area is 238 Å². The van der Waals surface area contributed by atoms with Gasteiger partial charge in [0, 0.05) is 51.4 Å². The minimum Gasteiger partial charge on any atom is -0.369 e. The summed E-state index contributed by atoms with van der Waals surface area (Å²) in [6.45, 7) is 9.58. The van der Waals surface area contributed by atoms with Gasteiger partial charge in [-0.05, 0) is 71.8 Å². The third-order valence-corrected chi connectivity index (χ3v) is 10.4. The number of halogens is 1. The molecule has 2 aliphatic carbocycles. The Morgan fingerprint density at radius 1 is 1.00 bits per heavy atom. The van der Waals surface area contributed by atoms with Gasteiger partial charge in [-0.2, -0.15) is 0 Å². The highest BCUT2D eigenvalue weighted by atomic mass is 19.1. The van der Waals surface area contributed by atoms with Gasteiger partial charge in [-0.15, -0.1) is 0 Å². The predicted octanol–water partition coefficient (Wildman–Crippen LogP) is 0.999. The molecule has 0 spiro atoms. The lowest BCUT2D eigenvalue weighted by molar-refractivity contribution is -0.197. The lowest BCUT2D eigenvalue weighted by atomic mass is 9.69. The van der Waals surface area contributed by atoms with Crippen molar-refractivity contribution in [3.63, 3.8) is 0 Å². The molecular weight excluding hydrogens is 511 g/mol. The number of piperazine rings is 1. The van der Waals surface area contributed by atoms with Gasteiger partial charge in [-0.25, -0.2) is 4.39 Å². The van der Waals surface area contributed by atoms with Crippen molar-refractivity contribution in [3.8, 4) is 0 Å².